The van der Waals surface area contributed by atoms with Gasteiger partial charge in [-0.25, -0.2) is 0 Å². The molecule has 0 radical (unpaired) electrons. The number of rotatable bonds is 0. The van der Waals surface area contributed by atoms with Gasteiger partial charge in [-0.3, -0.25) is 4.98 Å². The molecule has 0 aliphatic heterocycles. The molecule has 0 saturated carbocycles. The molecular weight excluding hydrogens is 272 g/mol. The van der Waals surface area contributed by atoms with Crippen LogP contribution in [-0.2, 0) is 0 Å². The maximum absolute atomic E-state index is 5.62. The van der Waals surface area contributed by atoms with E-state index >= 15 is 0 Å². The summed E-state index contributed by atoms with van der Waals surface area (Å²) in [5.41, 5.74) is 0.898. The van der Waals surface area contributed by atoms with E-state index in [1.54, 1.807) is 12.4 Å². The minimum atomic E-state index is -0.132. The fourth-order valence-electron chi connectivity index (χ4n) is 0.575. The number of hydrogen-bond donors (Lipinski definition) is 0. The molecule has 1 rings (SSSR count). The van der Waals surface area contributed by atoms with Crippen LogP contribution in [0, 0.1) is 11.8 Å². The summed E-state index contributed by atoms with van der Waals surface area (Å²) >= 11 is 7.66. The SMILES string of the molecule is ClC(I)C#Cc1cccnc1. The molecule has 0 saturated heterocycles. The lowest BCUT2D eigenvalue weighted by molar-refractivity contribution is 1.31. The molecule has 1 nitrogen and oxygen atoms in total. The van der Waals surface area contributed by atoms with E-state index < -0.39 is 0 Å². The molecule has 0 aliphatic rings. The third-order valence-electron chi connectivity index (χ3n) is 0.987. The van der Waals surface area contributed by atoms with Gasteiger partial charge in [-0.15, -0.1) is 0 Å². The molecular formula is C8H5ClIN. The Bertz CT molecular complexity index is 273. The van der Waals surface area contributed by atoms with Crippen molar-refractivity contribution in [2.75, 3.05) is 0 Å². The van der Waals surface area contributed by atoms with E-state index in [1.165, 1.54) is 0 Å². The Morgan fingerprint density at radius 1 is 1.64 bits per heavy atom. The van der Waals surface area contributed by atoms with Gasteiger partial charge in [0.05, 0.1) is 0 Å². The van der Waals surface area contributed by atoms with Crippen LogP contribution in [0.4, 0.5) is 0 Å². The van der Waals surface area contributed by atoms with E-state index in [9.17, 15) is 0 Å². The van der Waals surface area contributed by atoms with Crippen LogP contribution in [0.1, 0.15) is 5.56 Å². The molecule has 0 aromatic carbocycles. The molecule has 1 aromatic heterocycles. The van der Waals surface area contributed by atoms with Crippen LogP contribution in [0.5, 0.6) is 0 Å². The molecule has 1 atom stereocenters. The molecule has 1 heterocycles. The van der Waals surface area contributed by atoms with Crippen molar-refractivity contribution in [2.24, 2.45) is 0 Å². The Kier molecular flexibility index (Phi) is 3.67. The van der Waals surface area contributed by atoms with E-state index in [4.69, 9.17) is 11.6 Å². The van der Waals surface area contributed by atoms with Gasteiger partial charge in [-0.1, -0.05) is 46.0 Å². The summed E-state index contributed by atoms with van der Waals surface area (Å²) in [6, 6.07) is 3.75. The summed E-state index contributed by atoms with van der Waals surface area (Å²) in [6.07, 6.45) is 3.43. The smallest absolute Gasteiger partial charge is 0.145 e. The Morgan fingerprint density at radius 3 is 3.00 bits per heavy atom. The zero-order valence-corrected chi connectivity index (χ0v) is 8.50. The highest BCUT2D eigenvalue weighted by Crippen LogP contribution is 2.03. The normalized spacial score (nSPS) is 11.5. The van der Waals surface area contributed by atoms with Crippen molar-refractivity contribution in [1.29, 1.82) is 0 Å². The Balaban J connectivity index is 2.75. The molecule has 0 amide bonds. The largest absolute Gasteiger partial charge is 0.263 e. The molecule has 0 bridgehead atoms. The van der Waals surface area contributed by atoms with Crippen LogP contribution in [0.25, 0.3) is 0 Å². The van der Waals surface area contributed by atoms with Crippen molar-refractivity contribution in [1.82, 2.24) is 4.98 Å². The fraction of sp³-hybridized carbons (Fsp3) is 0.125. The lowest BCUT2D eigenvalue weighted by Crippen LogP contribution is -1.78. The minimum absolute atomic E-state index is 0.132. The van der Waals surface area contributed by atoms with Crippen molar-refractivity contribution >= 4 is 34.2 Å². The molecule has 1 unspecified atom stereocenters. The van der Waals surface area contributed by atoms with E-state index in [-0.39, 0.29) is 3.38 Å². The lowest BCUT2D eigenvalue weighted by atomic mass is 10.3. The summed E-state index contributed by atoms with van der Waals surface area (Å²) in [5.74, 6) is 5.72. The van der Waals surface area contributed by atoms with Crippen LogP contribution in [0.15, 0.2) is 24.5 Å². The molecule has 1 aromatic rings. The van der Waals surface area contributed by atoms with Gasteiger partial charge < -0.3 is 0 Å². The van der Waals surface area contributed by atoms with Crippen LogP contribution in [0.2, 0.25) is 0 Å². The number of hydrogen-bond acceptors (Lipinski definition) is 1. The zero-order chi connectivity index (χ0) is 8.10. The molecule has 56 valence electrons. The summed E-state index contributed by atoms with van der Waals surface area (Å²) in [6.45, 7) is 0. The average Bonchev–Trinajstić information content (AvgIpc) is 2.03. The van der Waals surface area contributed by atoms with E-state index in [2.05, 4.69) is 16.8 Å². The van der Waals surface area contributed by atoms with E-state index in [0.29, 0.717) is 0 Å². The van der Waals surface area contributed by atoms with Gasteiger partial charge in [0.2, 0.25) is 0 Å². The predicted molar refractivity (Wildman–Crippen MR) is 54.8 cm³/mol. The highest BCUT2D eigenvalue weighted by molar-refractivity contribution is 14.1. The molecule has 0 N–H and O–H groups in total. The van der Waals surface area contributed by atoms with Crippen LogP contribution in [-0.4, -0.2) is 8.37 Å². The number of nitrogens with zero attached hydrogens (tertiary/aromatic N) is 1. The van der Waals surface area contributed by atoms with Gasteiger partial charge in [0.1, 0.15) is 3.38 Å². The number of pyridine rings is 1. The Morgan fingerprint density at radius 2 is 2.45 bits per heavy atom. The number of halogens is 2. The van der Waals surface area contributed by atoms with Crippen molar-refractivity contribution in [3.63, 3.8) is 0 Å². The molecule has 11 heavy (non-hydrogen) atoms. The third-order valence-corrected chi connectivity index (χ3v) is 1.41. The first-order valence-electron chi connectivity index (χ1n) is 2.99. The number of alkyl halides is 2. The van der Waals surface area contributed by atoms with E-state index in [0.717, 1.165) is 5.56 Å². The first-order valence-corrected chi connectivity index (χ1v) is 4.67. The van der Waals surface area contributed by atoms with Crippen molar-refractivity contribution in [3.05, 3.63) is 30.1 Å². The average molecular weight is 277 g/mol. The predicted octanol–water partition coefficient (Wildman–Crippen LogP) is 2.43. The highest BCUT2D eigenvalue weighted by atomic mass is 127. The zero-order valence-electron chi connectivity index (χ0n) is 5.59. The Labute approximate surface area is 84.3 Å². The molecule has 0 fully saturated rings. The lowest BCUT2D eigenvalue weighted by Gasteiger charge is -1.86. The highest BCUT2D eigenvalue weighted by Gasteiger charge is 1.87. The summed E-state index contributed by atoms with van der Waals surface area (Å²) in [7, 11) is 0. The maximum Gasteiger partial charge on any atom is 0.145 e. The second-order valence-electron chi connectivity index (χ2n) is 1.81. The van der Waals surface area contributed by atoms with Crippen molar-refractivity contribution < 1.29 is 0 Å². The summed E-state index contributed by atoms with van der Waals surface area (Å²) < 4.78 is -0.132. The first-order chi connectivity index (χ1) is 5.29. The fourth-order valence-corrected chi connectivity index (χ4v) is 0.785. The summed E-state index contributed by atoms with van der Waals surface area (Å²) in [4.78, 5) is 3.91. The minimum Gasteiger partial charge on any atom is -0.263 e. The van der Waals surface area contributed by atoms with Crippen molar-refractivity contribution in [2.45, 2.75) is 3.38 Å². The Hall–Kier alpha value is -0.270. The molecule has 0 aliphatic carbocycles. The van der Waals surface area contributed by atoms with Gasteiger partial charge in [0.15, 0.2) is 0 Å². The van der Waals surface area contributed by atoms with Gasteiger partial charge in [0.25, 0.3) is 0 Å². The van der Waals surface area contributed by atoms with Crippen molar-refractivity contribution in [3.8, 4) is 11.8 Å². The van der Waals surface area contributed by atoms with Gasteiger partial charge in [-0.2, -0.15) is 0 Å². The van der Waals surface area contributed by atoms with Gasteiger partial charge >= 0.3 is 0 Å². The standard InChI is InChI=1S/C8H5ClIN/c9-8(10)4-3-7-2-1-5-11-6-7/h1-2,5-6,8H. The monoisotopic (exact) mass is 277 g/mol. The van der Waals surface area contributed by atoms with Crippen LogP contribution < -0.4 is 0 Å². The van der Waals surface area contributed by atoms with E-state index in [1.807, 2.05) is 34.7 Å². The second-order valence-corrected chi connectivity index (χ2v) is 4.23. The summed E-state index contributed by atoms with van der Waals surface area (Å²) in [5, 5.41) is 0. The molecule has 0 spiro atoms. The third kappa shape index (κ3) is 3.59. The number of aromatic nitrogens is 1. The van der Waals surface area contributed by atoms with Crippen LogP contribution in [0.3, 0.4) is 0 Å². The van der Waals surface area contributed by atoms with Gasteiger partial charge in [0, 0.05) is 18.0 Å². The first kappa shape index (κ1) is 8.82. The van der Waals surface area contributed by atoms with Gasteiger partial charge in [-0.05, 0) is 12.1 Å². The quantitative estimate of drug-likeness (QED) is 0.403. The maximum atomic E-state index is 5.62. The topological polar surface area (TPSA) is 12.9 Å². The molecule has 3 heteroatoms. The second kappa shape index (κ2) is 4.58. The van der Waals surface area contributed by atoms with Crippen LogP contribution >= 0.6 is 34.2 Å².